The summed E-state index contributed by atoms with van der Waals surface area (Å²) in [6, 6.07) is 12.1. The van der Waals surface area contributed by atoms with Crippen molar-refractivity contribution in [1.29, 1.82) is 0 Å². The predicted octanol–water partition coefficient (Wildman–Crippen LogP) is 6.17. The predicted molar refractivity (Wildman–Crippen MR) is 151 cm³/mol. The van der Waals surface area contributed by atoms with E-state index in [1.807, 2.05) is 19.9 Å². The fourth-order valence-electron chi connectivity index (χ4n) is 4.47. The highest BCUT2D eigenvalue weighted by Gasteiger charge is 2.33. The van der Waals surface area contributed by atoms with E-state index >= 15 is 0 Å². The first-order valence-corrected chi connectivity index (χ1v) is 12.9. The number of benzene rings is 2. The lowest BCUT2D eigenvalue weighted by molar-refractivity contribution is -0.137. The number of pyridine rings is 1. The second-order valence-electron chi connectivity index (χ2n) is 9.37. The molecule has 13 heteroatoms. The number of methoxy groups -OCH3 is 1. The molecule has 0 fully saturated rings. The minimum absolute atomic E-state index is 0.130. The summed E-state index contributed by atoms with van der Waals surface area (Å²) >= 11 is 0. The molecular formula is C29H26F3N7O3. The smallest absolute Gasteiger partial charge is 0.416 e. The van der Waals surface area contributed by atoms with Crippen LogP contribution in [-0.2, 0) is 12.7 Å². The Labute approximate surface area is 239 Å². The van der Waals surface area contributed by atoms with Crippen LogP contribution in [0.3, 0.4) is 0 Å². The van der Waals surface area contributed by atoms with Gasteiger partial charge in [0.15, 0.2) is 0 Å². The van der Waals surface area contributed by atoms with Gasteiger partial charge >= 0.3 is 12.2 Å². The summed E-state index contributed by atoms with van der Waals surface area (Å²) < 4.78 is 44.8. The summed E-state index contributed by atoms with van der Waals surface area (Å²) in [5.41, 5.74) is 1.71. The van der Waals surface area contributed by atoms with Gasteiger partial charge in [0.25, 0.3) is 5.91 Å². The molecule has 0 saturated heterocycles. The molecule has 0 aliphatic carbocycles. The molecule has 1 aliphatic heterocycles. The molecule has 4 aromatic rings. The van der Waals surface area contributed by atoms with Crippen molar-refractivity contribution < 1.29 is 27.5 Å². The van der Waals surface area contributed by atoms with E-state index in [4.69, 9.17) is 4.74 Å². The fourth-order valence-corrected chi connectivity index (χ4v) is 4.47. The number of carbonyl (C=O) groups excluding carboxylic acids is 2. The summed E-state index contributed by atoms with van der Waals surface area (Å²) in [6.07, 6.45) is -1.27. The quantitative estimate of drug-likeness (QED) is 0.270. The molecule has 216 valence electrons. The molecule has 42 heavy (non-hydrogen) atoms. The van der Waals surface area contributed by atoms with Gasteiger partial charge in [0.2, 0.25) is 5.95 Å². The number of nitrogens with one attached hydrogen (secondary N) is 2. The van der Waals surface area contributed by atoms with Gasteiger partial charge in [-0.15, -0.1) is 0 Å². The maximum absolute atomic E-state index is 13.7. The number of aromatic nitrogens is 3. The Balaban J connectivity index is 1.43. The molecule has 3 amide bonds. The first-order valence-electron chi connectivity index (χ1n) is 12.9. The Bertz CT molecular complexity index is 1660. The normalized spacial score (nSPS) is 13.0. The molecule has 0 bridgehead atoms. The van der Waals surface area contributed by atoms with Crippen LogP contribution in [0.25, 0.3) is 0 Å². The number of anilines is 5. The number of nitrogens with zero attached hydrogens (tertiary/aromatic N) is 5. The number of alkyl halides is 3. The molecule has 2 aromatic heterocycles. The number of hydrogen-bond donors (Lipinski definition) is 2. The molecule has 2 N–H and O–H groups in total. The number of urea groups is 1. The van der Waals surface area contributed by atoms with Crippen LogP contribution in [0.4, 0.5) is 46.8 Å². The summed E-state index contributed by atoms with van der Waals surface area (Å²) in [5, 5.41) is 5.74. The number of ether oxygens (including phenoxy) is 1. The molecule has 0 unspecified atom stereocenters. The van der Waals surface area contributed by atoms with Crippen molar-refractivity contribution >= 4 is 40.8 Å². The van der Waals surface area contributed by atoms with E-state index in [1.165, 1.54) is 35.1 Å². The van der Waals surface area contributed by atoms with E-state index in [9.17, 15) is 22.8 Å². The van der Waals surface area contributed by atoms with E-state index in [2.05, 4.69) is 25.6 Å². The molecular weight excluding hydrogens is 551 g/mol. The summed E-state index contributed by atoms with van der Waals surface area (Å²) in [5.74, 6) is 0.350. The SMILES string of the molecule is CCN1C(=O)N(c2cc(NC(=O)c3cccc(C(F)(F)F)c3)cc(OC)c2)Cc2cnc(Nc3cccnc3C)nc21. The zero-order chi connectivity index (χ0) is 30.0. The number of amides is 3. The molecule has 0 saturated carbocycles. The third kappa shape index (κ3) is 5.80. The first-order chi connectivity index (χ1) is 20.1. The minimum Gasteiger partial charge on any atom is -0.497 e. The highest BCUT2D eigenvalue weighted by molar-refractivity contribution is 6.07. The minimum atomic E-state index is -4.59. The maximum atomic E-state index is 13.7. The van der Waals surface area contributed by atoms with Gasteiger partial charge in [-0.3, -0.25) is 19.6 Å². The summed E-state index contributed by atoms with van der Waals surface area (Å²) in [6.45, 7) is 4.11. The van der Waals surface area contributed by atoms with E-state index in [0.717, 1.165) is 23.5 Å². The van der Waals surface area contributed by atoms with Gasteiger partial charge in [-0.25, -0.2) is 9.78 Å². The van der Waals surface area contributed by atoms with Crippen LogP contribution in [0.5, 0.6) is 5.75 Å². The number of rotatable bonds is 7. The van der Waals surface area contributed by atoms with Gasteiger partial charge in [-0.2, -0.15) is 18.2 Å². The van der Waals surface area contributed by atoms with Crippen molar-refractivity contribution in [2.75, 3.05) is 34.1 Å². The van der Waals surface area contributed by atoms with Crippen molar-refractivity contribution in [3.05, 3.63) is 89.4 Å². The topological polar surface area (TPSA) is 113 Å². The van der Waals surface area contributed by atoms with Crippen LogP contribution in [0.15, 0.2) is 67.0 Å². The van der Waals surface area contributed by atoms with Crippen LogP contribution >= 0.6 is 0 Å². The molecule has 0 atom stereocenters. The highest BCUT2D eigenvalue weighted by atomic mass is 19.4. The Morgan fingerprint density at radius 1 is 1.10 bits per heavy atom. The Kier molecular flexibility index (Phi) is 7.66. The first kappa shape index (κ1) is 28.3. The van der Waals surface area contributed by atoms with Crippen molar-refractivity contribution in [1.82, 2.24) is 15.0 Å². The second-order valence-corrected chi connectivity index (χ2v) is 9.37. The fraction of sp³-hybridized carbons (Fsp3) is 0.207. The molecule has 0 spiro atoms. The Morgan fingerprint density at radius 2 is 1.90 bits per heavy atom. The third-order valence-corrected chi connectivity index (χ3v) is 6.61. The van der Waals surface area contributed by atoms with Gasteiger partial charge < -0.3 is 15.4 Å². The average Bonchev–Trinajstić information content (AvgIpc) is 2.97. The van der Waals surface area contributed by atoms with Gasteiger partial charge in [-0.05, 0) is 50.2 Å². The maximum Gasteiger partial charge on any atom is 0.416 e. The van der Waals surface area contributed by atoms with E-state index < -0.39 is 17.6 Å². The molecule has 3 heterocycles. The molecule has 10 nitrogen and oxygen atoms in total. The number of fused-ring (bicyclic) bond motifs is 1. The standard InChI is InChI=1S/C29H26F3N7O3/c1-4-38-25-19(15-34-27(37-25)36-24-9-6-10-33-17(24)2)16-39(28(38)41)22-12-21(13-23(14-22)42-3)35-26(40)18-7-5-8-20(11-18)29(30,31)32/h5-15H,4,16H2,1-3H3,(H,35,40)(H,34,36,37). The lowest BCUT2D eigenvalue weighted by atomic mass is 10.1. The summed E-state index contributed by atoms with van der Waals surface area (Å²) in [7, 11) is 1.43. The number of carbonyl (C=O) groups is 2. The largest absolute Gasteiger partial charge is 0.497 e. The van der Waals surface area contributed by atoms with Crippen molar-refractivity contribution in [3.8, 4) is 5.75 Å². The zero-order valence-electron chi connectivity index (χ0n) is 22.9. The van der Waals surface area contributed by atoms with Crippen molar-refractivity contribution in [3.63, 3.8) is 0 Å². The van der Waals surface area contributed by atoms with Crippen LogP contribution in [0.2, 0.25) is 0 Å². The number of aryl methyl sites for hydroxylation is 1. The third-order valence-electron chi connectivity index (χ3n) is 6.61. The van der Waals surface area contributed by atoms with Crippen LogP contribution in [0.1, 0.15) is 34.1 Å². The van der Waals surface area contributed by atoms with Crippen molar-refractivity contribution in [2.24, 2.45) is 0 Å². The number of halogens is 3. The van der Waals surface area contributed by atoms with Gasteiger partial charge in [0, 0.05) is 47.9 Å². The lowest BCUT2D eigenvalue weighted by Crippen LogP contribution is -2.48. The highest BCUT2D eigenvalue weighted by Crippen LogP contribution is 2.35. The van der Waals surface area contributed by atoms with E-state index in [-0.39, 0.29) is 23.8 Å². The molecule has 2 aromatic carbocycles. The van der Waals surface area contributed by atoms with Gasteiger partial charge in [0.1, 0.15) is 11.6 Å². The van der Waals surface area contributed by atoms with Gasteiger partial charge in [-0.1, -0.05) is 6.07 Å². The second kappa shape index (κ2) is 11.4. The molecule has 5 rings (SSSR count). The molecule has 0 radical (unpaired) electrons. The van der Waals surface area contributed by atoms with Crippen molar-refractivity contribution in [2.45, 2.75) is 26.6 Å². The van der Waals surface area contributed by atoms with Gasteiger partial charge in [0.05, 0.1) is 36.3 Å². The monoisotopic (exact) mass is 577 g/mol. The Hall–Kier alpha value is -5.20. The number of hydrogen-bond acceptors (Lipinski definition) is 7. The zero-order valence-corrected chi connectivity index (χ0v) is 22.9. The lowest BCUT2D eigenvalue weighted by Gasteiger charge is -2.35. The van der Waals surface area contributed by atoms with Crippen LogP contribution in [-0.4, -0.2) is 40.5 Å². The molecule has 1 aliphatic rings. The van der Waals surface area contributed by atoms with Crippen LogP contribution < -0.4 is 25.2 Å². The van der Waals surface area contributed by atoms with E-state index in [1.54, 1.807) is 30.6 Å². The Morgan fingerprint density at radius 3 is 2.62 bits per heavy atom. The summed E-state index contributed by atoms with van der Waals surface area (Å²) in [4.78, 5) is 42.8. The van der Waals surface area contributed by atoms with Crippen LogP contribution in [0, 0.1) is 6.92 Å². The average molecular weight is 578 g/mol. The van der Waals surface area contributed by atoms with E-state index in [0.29, 0.717) is 35.3 Å².